The highest BCUT2D eigenvalue weighted by Gasteiger charge is 2.23. The minimum atomic E-state index is -0.305. The van der Waals surface area contributed by atoms with Crippen molar-refractivity contribution in [3.8, 4) is 0 Å². The van der Waals surface area contributed by atoms with Crippen LogP contribution < -0.4 is 4.90 Å². The largest absolute Gasteiger partial charge is 0.369 e. The van der Waals surface area contributed by atoms with Crippen molar-refractivity contribution in [2.75, 3.05) is 11.9 Å². The van der Waals surface area contributed by atoms with Gasteiger partial charge >= 0.3 is 0 Å². The molecule has 1 aliphatic carbocycles. The van der Waals surface area contributed by atoms with Gasteiger partial charge in [0.1, 0.15) is 12.1 Å². The number of aldehydes is 1. The van der Waals surface area contributed by atoms with Gasteiger partial charge in [-0.25, -0.2) is 4.39 Å². The summed E-state index contributed by atoms with van der Waals surface area (Å²) >= 11 is 0. The number of hydrogen-bond donors (Lipinski definition) is 0. The minimum Gasteiger partial charge on any atom is -0.369 e. The van der Waals surface area contributed by atoms with Gasteiger partial charge in [0, 0.05) is 18.7 Å². The van der Waals surface area contributed by atoms with Crippen LogP contribution in [0.1, 0.15) is 43.0 Å². The smallest absolute Gasteiger partial charge is 0.150 e. The lowest BCUT2D eigenvalue weighted by Gasteiger charge is -2.35. The highest BCUT2D eigenvalue weighted by molar-refractivity contribution is 5.76. The summed E-state index contributed by atoms with van der Waals surface area (Å²) in [5.41, 5.74) is 0.988. The number of halogens is 1. The third-order valence-corrected chi connectivity index (χ3v) is 4.02. The number of nitrogens with zero attached hydrogens (tertiary/aromatic N) is 1. The van der Waals surface area contributed by atoms with Crippen LogP contribution in [-0.4, -0.2) is 19.4 Å². The van der Waals surface area contributed by atoms with Gasteiger partial charge in [-0.05, 0) is 49.8 Å². The van der Waals surface area contributed by atoms with Crippen LogP contribution in [-0.2, 0) is 0 Å². The number of benzene rings is 1. The van der Waals surface area contributed by atoms with Gasteiger partial charge in [-0.1, -0.05) is 6.92 Å². The van der Waals surface area contributed by atoms with E-state index in [1.165, 1.54) is 18.9 Å². The first kappa shape index (κ1) is 13.1. The monoisotopic (exact) mass is 249 g/mol. The lowest BCUT2D eigenvalue weighted by molar-refractivity contribution is 0.112. The van der Waals surface area contributed by atoms with Gasteiger partial charge in [-0.15, -0.1) is 0 Å². The Morgan fingerprint density at radius 1 is 1.28 bits per heavy atom. The van der Waals surface area contributed by atoms with E-state index in [2.05, 4.69) is 6.92 Å². The predicted octanol–water partition coefficient (Wildman–Crippen LogP) is 3.65. The van der Waals surface area contributed by atoms with Crippen LogP contribution in [0.4, 0.5) is 10.1 Å². The molecule has 18 heavy (non-hydrogen) atoms. The van der Waals surface area contributed by atoms with Gasteiger partial charge in [-0.3, -0.25) is 4.79 Å². The van der Waals surface area contributed by atoms with Crippen molar-refractivity contribution in [1.29, 1.82) is 0 Å². The van der Waals surface area contributed by atoms with Crippen LogP contribution in [0.2, 0.25) is 0 Å². The van der Waals surface area contributed by atoms with Crippen LogP contribution in [0.3, 0.4) is 0 Å². The molecule has 98 valence electrons. The predicted molar refractivity (Wildman–Crippen MR) is 71.6 cm³/mol. The Balaban J connectivity index is 2.13. The molecule has 2 nitrogen and oxygen atoms in total. The third kappa shape index (κ3) is 2.71. The molecule has 0 aromatic heterocycles. The van der Waals surface area contributed by atoms with E-state index < -0.39 is 0 Å². The molecule has 3 heteroatoms. The summed E-state index contributed by atoms with van der Waals surface area (Å²) in [5.74, 6) is 0.484. The highest BCUT2D eigenvalue weighted by Crippen LogP contribution is 2.30. The summed E-state index contributed by atoms with van der Waals surface area (Å²) in [4.78, 5) is 12.6. The van der Waals surface area contributed by atoms with E-state index in [-0.39, 0.29) is 5.82 Å². The Labute approximate surface area is 108 Å². The van der Waals surface area contributed by atoms with Gasteiger partial charge in [-0.2, -0.15) is 0 Å². The molecule has 0 unspecified atom stereocenters. The second-order valence-corrected chi connectivity index (χ2v) is 5.35. The Bertz CT molecular complexity index is 425. The van der Waals surface area contributed by atoms with Crippen molar-refractivity contribution in [2.24, 2.45) is 5.92 Å². The molecular weight excluding hydrogens is 229 g/mol. The van der Waals surface area contributed by atoms with Gasteiger partial charge < -0.3 is 4.90 Å². The standard InChI is InChI=1S/C15H20FNO/c1-11-3-6-13(7-4-11)17(2)15-8-5-12(10-18)9-14(15)16/h5,8-11,13H,3-4,6-7H2,1-2H3. The lowest BCUT2D eigenvalue weighted by atomic mass is 9.86. The van der Waals surface area contributed by atoms with Gasteiger partial charge in [0.05, 0.1) is 5.69 Å². The molecule has 0 N–H and O–H groups in total. The zero-order chi connectivity index (χ0) is 13.1. The first-order valence-electron chi connectivity index (χ1n) is 6.59. The number of carbonyl (C=O) groups excluding carboxylic acids is 1. The third-order valence-electron chi connectivity index (χ3n) is 4.02. The van der Waals surface area contributed by atoms with Crippen LogP contribution in [0.5, 0.6) is 0 Å². The molecule has 0 atom stereocenters. The first-order valence-corrected chi connectivity index (χ1v) is 6.59. The summed E-state index contributed by atoms with van der Waals surface area (Å²) < 4.78 is 13.9. The Hall–Kier alpha value is -1.38. The highest BCUT2D eigenvalue weighted by atomic mass is 19.1. The summed E-state index contributed by atoms with van der Waals surface area (Å²) in [7, 11) is 1.94. The lowest BCUT2D eigenvalue weighted by Crippen LogP contribution is -2.35. The van der Waals surface area contributed by atoms with Gasteiger partial charge in [0.25, 0.3) is 0 Å². The fourth-order valence-electron chi connectivity index (χ4n) is 2.71. The van der Waals surface area contributed by atoms with E-state index >= 15 is 0 Å². The molecule has 0 amide bonds. The molecule has 1 aromatic rings. The van der Waals surface area contributed by atoms with E-state index in [9.17, 15) is 9.18 Å². The molecule has 1 aromatic carbocycles. The van der Waals surface area contributed by atoms with E-state index in [4.69, 9.17) is 0 Å². The van der Waals surface area contributed by atoms with Crippen molar-refractivity contribution in [2.45, 2.75) is 38.6 Å². The maximum absolute atomic E-state index is 13.9. The normalized spacial score (nSPS) is 23.7. The average Bonchev–Trinajstić information content (AvgIpc) is 2.38. The molecule has 0 heterocycles. The zero-order valence-corrected chi connectivity index (χ0v) is 11.0. The van der Waals surface area contributed by atoms with Crippen molar-refractivity contribution in [3.63, 3.8) is 0 Å². The van der Waals surface area contributed by atoms with E-state index in [1.807, 2.05) is 11.9 Å². The Morgan fingerprint density at radius 3 is 2.50 bits per heavy atom. The van der Waals surface area contributed by atoms with E-state index in [0.717, 1.165) is 18.8 Å². The zero-order valence-electron chi connectivity index (χ0n) is 11.0. The Kier molecular flexibility index (Phi) is 4.00. The number of hydrogen-bond acceptors (Lipinski definition) is 2. The maximum Gasteiger partial charge on any atom is 0.150 e. The van der Waals surface area contributed by atoms with Crippen LogP contribution in [0.15, 0.2) is 18.2 Å². The molecule has 1 saturated carbocycles. The summed E-state index contributed by atoms with van der Waals surface area (Å²) in [6, 6.07) is 5.10. The molecule has 0 saturated heterocycles. The SMILES string of the molecule is CC1CCC(N(C)c2ccc(C=O)cc2F)CC1. The van der Waals surface area contributed by atoms with Gasteiger partial charge in [0.2, 0.25) is 0 Å². The fraction of sp³-hybridized carbons (Fsp3) is 0.533. The molecule has 1 fully saturated rings. The molecule has 1 aliphatic rings. The molecule has 2 rings (SSSR count). The van der Waals surface area contributed by atoms with Crippen molar-refractivity contribution in [1.82, 2.24) is 0 Å². The Morgan fingerprint density at radius 2 is 1.94 bits per heavy atom. The minimum absolute atomic E-state index is 0.305. The first-order chi connectivity index (χ1) is 8.61. The summed E-state index contributed by atoms with van der Waals surface area (Å²) in [6.45, 7) is 2.27. The molecule has 0 radical (unpaired) electrons. The number of anilines is 1. The topological polar surface area (TPSA) is 20.3 Å². The molecule has 0 aliphatic heterocycles. The molecule has 0 spiro atoms. The fourth-order valence-corrected chi connectivity index (χ4v) is 2.71. The summed E-state index contributed by atoms with van der Waals surface area (Å²) in [5, 5.41) is 0. The van der Waals surface area contributed by atoms with Gasteiger partial charge in [0.15, 0.2) is 0 Å². The van der Waals surface area contributed by atoms with Crippen LogP contribution in [0.25, 0.3) is 0 Å². The second-order valence-electron chi connectivity index (χ2n) is 5.35. The average molecular weight is 249 g/mol. The van der Waals surface area contributed by atoms with Crippen LogP contribution >= 0.6 is 0 Å². The molecular formula is C15H20FNO. The van der Waals surface area contributed by atoms with Crippen molar-refractivity contribution >= 4 is 12.0 Å². The molecule has 0 bridgehead atoms. The van der Waals surface area contributed by atoms with Crippen molar-refractivity contribution in [3.05, 3.63) is 29.6 Å². The van der Waals surface area contributed by atoms with Crippen LogP contribution in [0, 0.1) is 11.7 Å². The van der Waals surface area contributed by atoms with E-state index in [0.29, 0.717) is 23.6 Å². The number of rotatable bonds is 3. The quantitative estimate of drug-likeness (QED) is 0.762. The maximum atomic E-state index is 13.9. The second kappa shape index (κ2) is 5.51. The van der Waals surface area contributed by atoms with E-state index in [1.54, 1.807) is 12.1 Å². The summed E-state index contributed by atoms with van der Waals surface area (Å²) in [6.07, 6.45) is 5.33. The van der Waals surface area contributed by atoms with Crippen molar-refractivity contribution < 1.29 is 9.18 Å². The number of carbonyl (C=O) groups is 1.